The van der Waals surface area contributed by atoms with Crippen LogP contribution in [0.3, 0.4) is 0 Å². The first-order chi connectivity index (χ1) is 17.1. The molecule has 2 atom stereocenters. The summed E-state index contributed by atoms with van der Waals surface area (Å²) < 4.78 is 28.3. The Kier molecular flexibility index (Phi) is 6.77. The molecule has 2 amide bonds. The predicted octanol–water partition coefficient (Wildman–Crippen LogP) is 2.37. The maximum Gasteiger partial charge on any atom is 0.283 e. The highest BCUT2D eigenvalue weighted by Crippen LogP contribution is 2.29. The van der Waals surface area contributed by atoms with Gasteiger partial charge in [-0.2, -0.15) is 4.31 Å². The lowest BCUT2D eigenvalue weighted by atomic mass is 10.1. The van der Waals surface area contributed by atoms with Gasteiger partial charge in [0.05, 0.1) is 16.6 Å². The van der Waals surface area contributed by atoms with Gasteiger partial charge in [0.2, 0.25) is 15.9 Å². The van der Waals surface area contributed by atoms with E-state index in [1.165, 1.54) is 15.6 Å². The highest BCUT2D eigenvalue weighted by Gasteiger charge is 2.38. The number of aromatic nitrogens is 1. The molecule has 3 N–H and O–H groups in total. The lowest BCUT2D eigenvalue weighted by molar-refractivity contribution is -0.119. The molecule has 3 heterocycles. The average molecular weight is 548 g/mol. The molecule has 1 aromatic heterocycles. The van der Waals surface area contributed by atoms with Gasteiger partial charge in [-0.1, -0.05) is 23.7 Å². The molecule has 2 aromatic carbocycles. The number of benzene rings is 2. The number of nitrogens with one attached hydrogen (secondary N) is 1. The molecule has 36 heavy (non-hydrogen) atoms. The molecule has 0 bridgehead atoms. The van der Waals surface area contributed by atoms with Crippen molar-refractivity contribution in [2.75, 3.05) is 19.6 Å². The molecule has 1 saturated heterocycles. The van der Waals surface area contributed by atoms with Crippen LogP contribution in [0.4, 0.5) is 0 Å². The number of primary amides is 1. The minimum absolute atomic E-state index is 0.0284. The van der Waals surface area contributed by atoms with Crippen LogP contribution in [0.2, 0.25) is 5.02 Å². The van der Waals surface area contributed by atoms with Crippen molar-refractivity contribution >= 4 is 55.5 Å². The van der Waals surface area contributed by atoms with Crippen molar-refractivity contribution in [1.29, 1.82) is 0 Å². The number of piperazine rings is 1. The molecule has 9 nitrogen and oxygen atoms in total. The molecular formula is C24H26ClN5O4S2. The number of hydrogen-bond acceptors (Lipinski definition) is 7. The first kappa shape index (κ1) is 25.1. The number of amides is 2. The van der Waals surface area contributed by atoms with Crippen molar-refractivity contribution < 1.29 is 18.0 Å². The van der Waals surface area contributed by atoms with Crippen LogP contribution in [0, 0.1) is 0 Å². The lowest BCUT2D eigenvalue weighted by Crippen LogP contribution is -2.57. The Labute approximate surface area is 218 Å². The van der Waals surface area contributed by atoms with Gasteiger partial charge >= 0.3 is 0 Å². The first-order valence-corrected chi connectivity index (χ1v) is 14.3. The molecule has 0 radical (unpaired) electrons. The zero-order valence-corrected chi connectivity index (χ0v) is 22.0. The van der Waals surface area contributed by atoms with E-state index in [-0.39, 0.29) is 42.9 Å². The summed E-state index contributed by atoms with van der Waals surface area (Å²) in [6.07, 6.45) is 0.603. The molecule has 2 aliphatic rings. The quantitative estimate of drug-likeness (QED) is 0.505. The highest BCUT2D eigenvalue weighted by atomic mass is 35.5. The predicted molar refractivity (Wildman–Crippen MR) is 138 cm³/mol. The second kappa shape index (κ2) is 9.71. The largest absolute Gasteiger partial charge is 0.370 e. The van der Waals surface area contributed by atoms with E-state index >= 15 is 0 Å². The van der Waals surface area contributed by atoms with E-state index in [2.05, 4.69) is 17.2 Å². The summed E-state index contributed by atoms with van der Waals surface area (Å²) in [5, 5.41) is 5.87. The zero-order valence-electron chi connectivity index (χ0n) is 19.6. The Bertz CT molecular complexity index is 1460. The van der Waals surface area contributed by atoms with Crippen LogP contribution in [0.1, 0.15) is 33.7 Å². The lowest BCUT2D eigenvalue weighted by Gasteiger charge is -2.40. The van der Waals surface area contributed by atoms with Crippen LogP contribution in [0.15, 0.2) is 41.3 Å². The summed E-state index contributed by atoms with van der Waals surface area (Å²) in [5.74, 6) is -0.899. The minimum atomic E-state index is -3.87. The highest BCUT2D eigenvalue weighted by molar-refractivity contribution is 7.89. The summed E-state index contributed by atoms with van der Waals surface area (Å²) in [6.45, 7) is 2.94. The second-order valence-electron chi connectivity index (χ2n) is 9.21. The summed E-state index contributed by atoms with van der Waals surface area (Å²) in [7, 11) is -3.87. The molecule has 1 fully saturated rings. The summed E-state index contributed by atoms with van der Waals surface area (Å²) in [6, 6.07) is 9.72. The van der Waals surface area contributed by atoms with Gasteiger partial charge in [0.15, 0.2) is 5.01 Å². The number of halogens is 1. The van der Waals surface area contributed by atoms with Gasteiger partial charge in [-0.25, -0.2) is 13.4 Å². The Morgan fingerprint density at radius 1 is 1.19 bits per heavy atom. The number of carbonyl (C=O) groups excluding carboxylic acids is 2. The maximum absolute atomic E-state index is 13.5. The van der Waals surface area contributed by atoms with Gasteiger partial charge < -0.3 is 16.0 Å². The third-order valence-corrected chi connectivity index (χ3v) is 9.81. The van der Waals surface area contributed by atoms with E-state index in [0.717, 1.165) is 27.8 Å². The SMILES string of the molecule is CC1Cc2nc(C(=O)N3CCN(S(=O)(=O)c4ccc5cc(Cl)ccc5c4)CC3CC(N)=O)sc2CN1. The third-order valence-electron chi connectivity index (χ3n) is 6.63. The molecule has 190 valence electrons. The van der Waals surface area contributed by atoms with E-state index in [0.29, 0.717) is 16.6 Å². The molecule has 0 saturated carbocycles. The molecule has 2 aliphatic heterocycles. The number of sulfonamides is 1. The number of nitrogens with two attached hydrogens (primary N) is 1. The van der Waals surface area contributed by atoms with E-state index in [4.69, 9.17) is 17.3 Å². The van der Waals surface area contributed by atoms with Gasteiger partial charge in [-0.05, 0) is 42.0 Å². The Hall–Kier alpha value is -2.57. The Morgan fingerprint density at radius 3 is 2.72 bits per heavy atom. The average Bonchev–Trinajstić information content (AvgIpc) is 3.26. The number of hydrogen-bond donors (Lipinski definition) is 2. The first-order valence-electron chi connectivity index (χ1n) is 11.6. The van der Waals surface area contributed by atoms with Crippen molar-refractivity contribution in [3.8, 4) is 0 Å². The fraction of sp³-hybridized carbons (Fsp3) is 0.375. The van der Waals surface area contributed by atoms with Crippen LogP contribution in [-0.4, -0.2) is 66.1 Å². The van der Waals surface area contributed by atoms with Crippen LogP contribution in [0.25, 0.3) is 10.8 Å². The van der Waals surface area contributed by atoms with Gasteiger partial charge in [-0.15, -0.1) is 11.3 Å². The standard InChI is InChI=1S/C24H26ClN5O4S2/c1-14-8-20-21(12-27-14)35-23(28-20)24(32)30-7-6-29(13-18(30)11-22(26)31)36(33,34)19-5-3-15-9-17(25)4-2-16(15)10-19/h2-5,9-10,14,18,27H,6-8,11-13H2,1H3,(H2,26,31). The maximum atomic E-state index is 13.5. The molecule has 0 spiro atoms. The van der Waals surface area contributed by atoms with Crippen molar-refractivity contribution in [3.05, 3.63) is 57.0 Å². The summed E-state index contributed by atoms with van der Waals surface area (Å²) in [5.41, 5.74) is 6.40. The molecule has 5 rings (SSSR count). The fourth-order valence-electron chi connectivity index (χ4n) is 4.75. The topological polar surface area (TPSA) is 126 Å². The number of carbonyl (C=O) groups is 2. The molecule has 2 unspecified atom stereocenters. The number of thiazole rings is 1. The number of nitrogens with zero attached hydrogens (tertiary/aromatic N) is 3. The zero-order chi connectivity index (χ0) is 25.6. The van der Waals surface area contributed by atoms with Crippen molar-refractivity contribution in [1.82, 2.24) is 19.5 Å². The van der Waals surface area contributed by atoms with Crippen LogP contribution in [-0.2, 0) is 27.8 Å². The Balaban J connectivity index is 1.39. The molecule has 12 heteroatoms. The van der Waals surface area contributed by atoms with Crippen molar-refractivity contribution in [2.45, 2.75) is 43.3 Å². The van der Waals surface area contributed by atoms with Gasteiger partial charge in [-0.3, -0.25) is 9.59 Å². The van der Waals surface area contributed by atoms with Crippen LogP contribution in [0.5, 0.6) is 0 Å². The smallest absolute Gasteiger partial charge is 0.283 e. The summed E-state index contributed by atoms with van der Waals surface area (Å²) >= 11 is 7.39. The minimum Gasteiger partial charge on any atom is -0.370 e. The van der Waals surface area contributed by atoms with E-state index < -0.39 is 22.0 Å². The van der Waals surface area contributed by atoms with Gasteiger partial charge in [0.25, 0.3) is 5.91 Å². The third kappa shape index (κ3) is 4.85. The van der Waals surface area contributed by atoms with Crippen LogP contribution < -0.4 is 11.1 Å². The van der Waals surface area contributed by atoms with E-state index in [9.17, 15) is 18.0 Å². The van der Waals surface area contributed by atoms with E-state index in [1.807, 2.05) is 0 Å². The monoisotopic (exact) mass is 547 g/mol. The van der Waals surface area contributed by atoms with Crippen molar-refractivity contribution in [3.63, 3.8) is 0 Å². The normalized spacial score (nSPS) is 20.9. The molecule has 3 aromatic rings. The van der Waals surface area contributed by atoms with Gasteiger partial charge in [0.1, 0.15) is 0 Å². The Morgan fingerprint density at radius 2 is 1.94 bits per heavy atom. The summed E-state index contributed by atoms with van der Waals surface area (Å²) in [4.78, 5) is 32.6. The molecule has 0 aliphatic carbocycles. The second-order valence-corrected chi connectivity index (χ2v) is 12.7. The number of rotatable bonds is 5. The van der Waals surface area contributed by atoms with E-state index in [1.54, 1.807) is 41.3 Å². The fourth-order valence-corrected chi connectivity index (χ4v) is 7.43. The van der Waals surface area contributed by atoms with Crippen molar-refractivity contribution in [2.24, 2.45) is 5.73 Å². The number of fused-ring (bicyclic) bond motifs is 2. The van der Waals surface area contributed by atoms with Gasteiger partial charge in [0, 0.05) is 55.0 Å². The van der Waals surface area contributed by atoms with Crippen LogP contribution >= 0.6 is 22.9 Å². The molecular weight excluding hydrogens is 522 g/mol.